The molecule has 3 rings (SSSR count). The van der Waals surface area contributed by atoms with Crippen LogP contribution in [0.4, 0.5) is 0 Å². The molecule has 1 amide bonds. The molecule has 2 aliphatic heterocycles. The first-order valence-electron chi connectivity index (χ1n) is 14.6. The number of H-pyrrole nitrogens is 1. The van der Waals surface area contributed by atoms with Crippen molar-refractivity contribution in [3.05, 3.63) is 32.6 Å². The lowest BCUT2D eigenvalue weighted by Gasteiger charge is -2.54. The van der Waals surface area contributed by atoms with E-state index in [9.17, 15) is 14.4 Å². The quantitative estimate of drug-likeness (QED) is 0.379. The summed E-state index contributed by atoms with van der Waals surface area (Å²) in [6, 6.07) is 0. The van der Waals surface area contributed by atoms with Gasteiger partial charge in [-0.05, 0) is 18.1 Å². The summed E-state index contributed by atoms with van der Waals surface area (Å²) in [5, 5.41) is 2.10. The van der Waals surface area contributed by atoms with Crippen LogP contribution in [-0.4, -0.2) is 70.3 Å². The number of fused-ring (bicyclic) bond motifs is 1. The molecule has 4 atom stereocenters. The van der Waals surface area contributed by atoms with Gasteiger partial charge >= 0.3 is 14.3 Å². The van der Waals surface area contributed by atoms with Crippen molar-refractivity contribution in [2.45, 2.75) is 128 Å². The van der Waals surface area contributed by atoms with Crippen molar-refractivity contribution >= 4 is 22.8 Å². The summed E-state index contributed by atoms with van der Waals surface area (Å²) in [5.41, 5.74) is 4.61. The Hall–Kier alpha value is -1.62. The number of hydrogen-bond acceptors (Lipinski definition) is 8. The molecule has 0 saturated carbocycles. The van der Waals surface area contributed by atoms with E-state index >= 15 is 0 Å². The summed E-state index contributed by atoms with van der Waals surface area (Å²) >= 11 is 0. The molecule has 1 aromatic rings. The molecule has 2 fully saturated rings. The van der Waals surface area contributed by atoms with Crippen LogP contribution in [0.15, 0.2) is 15.8 Å². The number of hydrogen-bond donors (Lipinski definition) is 3. The fourth-order valence-electron chi connectivity index (χ4n) is 5.65. The molecule has 13 heteroatoms. The number of nitrogens with one attached hydrogen (secondary N) is 2. The van der Waals surface area contributed by atoms with E-state index in [0.717, 1.165) is 0 Å². The van der Waals surface area contributed by atoms with E-state index in [0.29, 0.717) is 19.7 Å². The lowest BCUT2D eigenvalue weighted by Crippen LogP contribution is -2.66. The minimum atomic E-state index is -2.87. The van der Waals surface area contributed by atoms with Gasteiger partial charge in [-0.2, -0.15) is 0 Å². The molecular weight excluding hydrogens is 561 g/mol. The SMILES string of the molecule is CC(C)(C)[Si](C)(C)O[C@@H]1[C@@H]2O[Si](C(C)(C)C)(C(C)(C)C)OC[C@H]2O[C@H]1c1cn(CCC(=O)NCCN)c(=O)[nH]c1=O. The minimum Gasteiger partial charge on any atom is -0.408 e. The van der Waals surface area contributed by atoms with Gasteiger partial charge < -0.3 is 29.1 Å². The summed E-state index contributed by atoms with van der Waals surface area (Å²) in [7, 11) is -5.25. The Morgan fingerprint density at radius 2 is 1.76 bits per heavy atom. The summed E-state index contributed by atoms with van der Waals surface area (Å²) in [4.78, 5) is 40.5. The minimum absolute atomic E-state index is 0.0638. The predicted octanol–water partition coefficient (Wildman–Crippen LogP) is 3.29. The maximum absolute atomic E-state index is 13.3. The van der Waals surface area contributed by atoms with E-state index < -0.39 is 52.5 Å². The maximum Gasteiger partial charge on any atom is 0.349 e. The molecular formula is C28H52N4O7Si2. The fourth-order valence-corrected chi connectivity index (χ4v) is 11.9. The van der Waals surface area contributed by atoms with E-state index in [-0.39, 0.29) is 39.6 Å². The second-order valence-corrected chi connectivity index (χ2v) is 24.4. The summed E-state index contributed by atoms with van der Waals surface area (Å²) in [6.45, 7) is 24.9. The molecule has 2 saturated heterocycles. The maximum atomic E-state index is 13.3. The molecule has 0 radical (unpaired) electrons. The molecule has 0 spiro atoms. The van der Waals surface area contributed by atoms with Gasteiger partial charge in [0.15, 0.2) is 8.32 Å². The number of aryl methyl sites for hydroxylation is 1. The average molecular weight is 613 g/mol. The molecule has 3 heterocycles. The van der Waals surface area contributed by atoms with Crippen molar-refractivity contribution in [1.29, 1.82) is 0 Å². The van der Waals surface area contributed by atoms with E-state index in [1.807, 2.05) is 0 Å². The van der Waals surface area contributed by atoms with Gasteiger partial charge in [-0.15, -0.1) is 0 Å². The molecule has 2 aliphatic rings. The third-order valence-corrected chi connectivity index (χ3v) is 18.3. The second kappa shape index (κ2) is 11.8. The highest BCUT2D eigenvalue weighted by Crippen LogP contribution is 2.56. The number of carbonyl (C=O) groups excluding carboxylic acids is 1. The molecule has 234 valence electrons. The van der Waals surface area contributed by atoms with Gasteiger partial charge in [-0.25, -0.2) is 4.79 Å². The van der Waals surface area contributed by atoms with E-state index in [1.54, 1.807) is 0 Å². The highest BCUT2D eigenvalue weighted by Gasteiger charge is 2.65. The van der Waals surface area contributed by atoms with Crippen molar-refractivity contribution in [1.82, 2.24) is 14.9 Å². The van der Waals surface area contributed by atoms with Gasteiger partial charge in [-0.1, -0.05) is 62.3 Å². The van der Waals surface area contributed by atoms with Crippen LogP contribution in [0.5, 0.6) is 0 Å². The normalized spacial score (nSPS) is 25.2. The number of ether oxygens (including phenoxy) is 1. The van der Waals surface area contributed by atoms with Gasteiger partial charge in [0.2, 0.25) is 5.91 Å². The standard InChI is InChI=1S/C28H52N4O7Si2/c1-26(2,3)40(10,11)38-23-21(18-16-32(25(35)31-24(18)34)15-12-20(33)30-14-13-29)37-19-17-36-41(27(4,5)6,28(7,8)9)39-22(19)23/h16,19,21-23H,12-15,17,29H2,1-11H3,(H,30,33)(H,31,34,35)/t19-,21+,22-,23+/m1/s1. The number of nitrogens with zero attached hydrogens (tertiary/aromatic N) is 1. The topological polar surface area (TPSA) is 147 Å². The van der Waals surface area contributed by atoms with Gasteiger partial charge in [0.1, 0.15) is 24.4 Å². The first kappa shape index (κ1) is 33.9. The lowest BCUT2D eigenvalue weighted by atomic mass is 10.0. The molecule has 0 aliphatic carbocycles. The van der Waals surface area contributed by atoms with E-state index in [2.05, 4.69) is 85.7 Å². The lowest BCUT2D eigenvalue weighted by molar-refractivity contribution is -0.121. The summed E-state index contributed by atoms with van der Waals surface area (Å²) < 4.78 is 28.7. The zero-order chi connectivity index (χ0) is 31.2. The molecule has 4 N–H and O–H groups in total. The number of aromatic nitrogens is 2. The zero-order valence-corrected chi connectivity index (χ0v) is 28.8. The highest BCUT2D eigenvalue weighted by molar-refractivity contribution is 6.74. The smallest absolute Gasteiger partial charge is 0.349 e. The Kier molecular flexibility index (Phi) is 9.76. The molecule has 11 nitrogen and oxygen atoms in total. The third-order valence-electron chi connectivity index (χ3n) is 8.67. The second-order valence-electron chi connectivity index (χ2n) is 14.9. The van der Waals surface area contributed by atoms with E-state index in [1.165, 1.54) is 10.8 Å². The van der Waals surface area contributed by atoms with Crippen molar-refractivity contribution < 1.29 is 22.8 Å². The number of rotatable bonds is 8. The van der Waals surface area contributed by atoms with Crippen LogP contribution in [0.1, 0.15) is 80.4 Å². The zero-order valence-electron chi connectivity index (χ0n) is 26.8. The number of carbonyl (C=O) groups is 1. The summed E-state index contributed by atoms with van der Waals surface area (Å²) in [6.07, 6.45) is -0.693. The Morgan fingerprint density at radius 3 is 2.29 bits per heavy atom. The Morgan fingerprint density at radius 1 is 1.15 bits per heavy atom. The first-order chi connectivity index (χ1) is 18.6. The Balaban J connectivity index is 2.07. The van der Waals surface area contributed by atoms with Crippen molar-refractivity contribution in [3.63, 3.8) is 0 Å². The Bertz CT molecular complexity index is 1200. The molecule has 41 heavy (non-hydrogen) atoms. The average Bonchev–Trinajstić information content (AvgIpc) is 3.16. The predicted molar refractivity (Wildman–Crippen MR) is 164 cm³/mol. The van der Waals surface area contributed by atoms with Gasteiger partial charge in [0.25, 0.3) is 5.56 Å². The molecule has 0 bridgehead atoms. The van der Waals surface area contributed by atoms with Crippen molar-refractivity contribution in [2.75, 3.05) is 19.7 Å². The molecule has 0 aromatic carbocycles. The van der Waals surface area contributed by atoms with Crippen LogP contribution in [0.3, 0.4) is 0 Å². The van der Waals surface area contributed by atoms with Gasteiger partial charge in [0.05, 0.1) is 12.2 Å². The van der Waals surface area contributed by atoms with Crippen LogP contribution in [-0.2, 0) is 29.4 Å². The highest BCUT2D eigenvalue weighted by atomic mass is 28.4. The first-order valence-corrected chi connectivity index (χ1v) is 19.3. The number of aromatic amines is 1. The van der Waals surface area contributed by atoms with Crippen LogP contribution >= 0.6 is 0 Å². The Labute approximate surface area is 246 Å². The van der Waals surface area contributed by atoms with Crippen LogP contribution < -0.4 is 22.3 Å². The number of amides is 1. The third kappa shape index (κ3) is 6.81. The van der Waals surface area contributed by atoms with E-state index in [4.69, 9.17) is 23.7 Å². The molecule has 0 unspecified atom stereocenters. The van der Waals surface area contributed by atoms with Crippen LogP contribution in [0.2, 0.25) is 28.2 Å². The number of nitrogens with two attached hydrogens (primary N) is 1. The largest absolute Gasteiger partial charge is 0.408 e. The van der Waals surface area contributed by atoms with Crippen molar-refractivity contribution in [2.24, 2.45) is 5.73 Å². The van der Waals surface area contributed by atoms with Gasteiger partial charge in [0, 0.05) is 42.3 Å². The van der Waals surface area contributed by atoms with Crippen molar-refractivity contribution in [3.8, 4) is 0 Å². The fraction of sp³-hybridized carbons (Fsp3) is 0.821. The monoisotopic (exact) mass is 612 g/mol. The van der Waals surface area contributed by atoms with Crippen LogP contribution in [0, 0.1) is 0 Å². The summed E-state index contributed by atoms with van der Waals surface area (Å²) in [5.74, 6) is -0.228. The molecule has 1 aromatic heterocycles. The van der Waals surface area contributed by atoms with Crippen LogP contribution in [0.25, 0.3) is 0 Å². The van der Waals surface area contributed by atoms with Gasteiger partial charge in [-0.3, -0.25) is 19.1 Å².